The minimum atomic E-state index is -0.0314. The van der Waals surface area contributed by atoms with E-state index in [9.17, 15) is 4.79 Å². The van der Waals surface area contributed by atoms with Crippen molar-refractivity contribution >= 4 is 16.3 Å². The summed E-state index contributed by atoms with van der Waals surface area (Å²) in [6, 6.07) is 17.7. The molecule has 3 heteroatoms. The summed E-state index contributed by atoms with van der Waals surface area (Å²) in [6.07, 6.45) is 3.60. The monoisotopic (exact) mass is 286 g/mol. The smallest absolute Gasteiger partial charge is 0.265 e. The number of aryl methyl sites for hydroxylation is 1. The van der Waals surface area contributed by atoms with Crippen LogP contribution in [0.25, 0.3) is 27.5 Å². The maximum absolute atomic E-state index is 13.0. The second-order valence-corrected chi connectivity index (χ2v) is 5.40. The van der Waals surface area contributed by atoms with E-state index in [1.54, 1.807) is 10.6 Å². The second-order valence-electron chi connectivity index (χ2n) is 5.40. The summed E-state index contributed by atoms with van der Waals surface area (Å²) in [7, 11) is 0. The van der Waals surface area contributed by atoms with Gasteiger partial charge in [-0.1, -0.05) is 36.4 Å². The van der Waals surface area contributed by atoms with Crippen LogP contribution in [0.2, 0.25) is 0 Å². The highest BCUT2D eigenvalue weighted by molar-refractivity contribution is 6.03. The molecule has 1 aromatic carbocycles. The Morgan fingerprint density at radius 2 is 1.68 bits per heavy atom. The lowest BCUT2D eigenvalue weighted by atomic mass is 10.0. The van der Waals surface area contributed by atoms with Gasteiger partial charge in [-0.05, 0) is 36.1 Å². The molecule has 0 fully saturated rings. The zero-order chi connectivity index (χ0) is 15.1. The number of rotatable bonds is 1. The van der Waals surface area contributed by atoms with Crippen LogP contribution in [0.1, 0.15) is 5.56 Å². The molecule has 4 aromatic rings. The van der Waals surface area contributed by atoms with Gasteiger partial charge in [0, 0.05) is 17.8 Å². The minimum absolute atomic E-state index is 0.0314. The highest BCUT2D eigenvalue weighted by Gasteiger charge is 2.14. The van der Waals surface area contributed by atoms with E-state index in [-0.39, 0.29) is 5.56 Å². The van der Waals surface area contributed by atoms with Crippen molar-refractivity contribution in [3.05, 3.63) is 82.9 Å². The summed E-state index contributed by atoms with van der Waals surface area (Å²) in [5, 5.41) is 2.00. The summed E-state index contributed by atoms with van der Waals surface area (Å²) in [5.41, 5.74) is 3.30. The van der Waals surface area contributed by atoms with Crippen LogP contribution in [0.4, 0.5) is 0 Å². The lowest BCUT2D eigenvalue weighted by molar-refractivity contribution is 1.09. The molecule has 22 heavy (non-hydrogen) atoms. The Balaban J connectivity index is 2.28. The normalized spacial score (nSPS) is 11.1. The summed E-state index contributed by atoms with van der Waals surface area (Å²) in [4.78, 5) is 17.4. The summed E-state index contributed by atoms with van der Waals surface area (Å²) in [6.45, 7) is 1.99. The molecule has 0 N–H and O–H groups in total. The van der Waals surface area contributed by atoms with Gasteiger partial charge in [-0.15, -0.1) is 0 Å². The van der Waals surface area contributed by atoms with Gasteiger partial charge in [0.15, 0.2) is 0 Å². The molecule has 3 aromatic heterocycles. The third kappa shape index (κ3) is 1.83. The Bertz CT molecular complexity index is 1050. The Morgan fingerprint density at radius 1 is 0.909 bits per heavy atom. The van der Waals surface area contributed by atoms with Crippen molar-refractivity contribution in [2.24, 2.45) is 0 Å². The van der Waals surface area contributed by atoms with Crippen LogP contribution >= 0.6 is 0 Å². The van der Waals surface area contributed by atoms with Crippen molar-refractivity contribution < 1.29 is 0 Å². The van der Waals surface area contributed by atoms with Gasteiger partial charge < -0.3 is 0 Å². The molecule has 0 aliphatic heterocycles. The van der Waals surface area contributed by atoms with Crippen LogP contribution in [0.15, 0.2) is 71.8 Å². The van der Waals surface area contributed by atoms with Crippen molar-refractivity contribution in [3.8, 4) is 11.3 Å². The van der Waals surface area contributed by atoms with Crippen LogP contribution in [0.3, 0.4) is 0 Å². The maximum atomic E-state index is 13.0. The van der Waals surface area contributed by atoms with E-state index in [0.29, 0.717) is 11.3 Å². The van der Waals surface area contributed by atoms with Crippen LogP contribution in [-0.4, -0.2) is 9.38 Å². The molecule has 0 radical (unpaired) electrons. The van der Waals surface area contributed by atoms with Crippen molar-refractivity contribution in [1.29, 1.82) is 0 Å². The molecule has 4 rings (SSSR count). The second kappa shape index (κ2) is 4.81. The molecule has 3 nitrogen and oxygen atoms in total. The van der Waals surface area contributed by atoms with Gasteiger partial charge in [-0.25, -0.2) is 0 Å². The highest BCUT2D eigenvalue weighted by atomic mass is 16.1. The van der Waals surface area contributed by atoms with E-state index >= 15 is 0 Å². The van der Waals surface area contributed by atoms with Crippen molar-refractivity contribution in [2.45, 2.75) is 6.92 Å². The Hall–Kier alpha value is -2.94. The molecule has 0 aliphatic rings. The fourth-order valence-electron chi connectivity index (χ4n) is 2.91. The highest BCUT2D eigenvalue weighted by Crippen LogP contribution is 2.27. The molecule has 0 saturated heterocycles. The number of pyridine rings is 3. The van der Waals surface area contributed by atoms with Gasteiger partial charge in [-0.2, -0.15) is 0 Å². The van der Waals surface area contributed by atoms with Crippen LogP contribution < -0.4 is 5.56 Å². The zero-order valence-corrected chi connectivity index (χ0v) is 12.2. The average Bonchev–Trinajstić information content (AvgIpc) is 2.56. The van der Waals surface area contributed by atoms with Gasteiger partial charge >= 0.3 is 0 Å². The minimum Gasteiger partial charge on any atom is -0.283 e. The first-order valence-corrected chi connectivity index (χ1v) is 7.21. The van der Waals surface area contributed by atoms with Crippen molar-refractivity contribution in [3.63, 3.8) is 0 Å². The predicted molar refractivity (Wildman–Crippen MR) is 89.1 cm³/mol. The molecule has 0 atom stereocenters. The number of hydrogen-bond donors (Lipinski definition) is 0. The van der Waals surface area contributed by atoms with Gasteiger partial charge in [0.25, 0.3) is 5.56 Å². The van der Waals surface area contributed by atoms with E-state index in [2.05, 4.69) is 4.98 Å². The van der Waals surface area contributed by atoms with Crippen LogP contribution in [0.5, 0.6) is 0 Å². The third-order valence-corrected chi connectivity index (χ3v) is 3.92. The lowest BCUT2D eigenvalue weighted by Gasteiger charge is -2.11. The topological polar surface area (TPSA) is 34.4 Å². The van der Waals surface area contributed by atoms with E-state index in [1.807, 2.05) is 67.7 Å². The number of fused-ring (bicyclic) bond motifs is 3. The third-order valence-electron chi connectivity index (χ3n) is 3.92. The summed E-state index contributed by atoms with van der Waals surface area (Å²) >= 11 is 0. The number of nitrogens with zero attached hydrogens (tertiary/aromatic N) is 2. The van der Waals surface area contributed by atoms with E-state index in [0.717, 1.165) is 21.9 Å². The standard InChI is InChI=1S/C19H14N2O/c1-13-9-10-17-14-6-2-3-7-15(14)18(19(22)21(17)12-13)16-8-4-5-11-20-16/h2-12H,1H3. The Morgan fingerprint density at radius 3 is 2.45 bits per heavy atom. The molecule has 0 spiro atoms. The molecule has 0 amide bonds. The SMILES string of the molecule is Cc1ccc2c3ccccc3c(-c3ccccn3)c(=O)n2c1. The summed E-state index contributed by atoms with van der Waals surface area (Å²) in [5.74, 6) is 0. The van der Waals surface area contributed by atoms with Crippen LogP contribution in [0, 0.1) is 6.92 Å². The molecule has 0 bridgehead atoms. The first kappa shape index (κ1) is 12.8. The predicted octanol–water partition coefficient (Wildman–Crippen LogP) is 3.82. The largest absolute Gasteiger partial charge is 0.283 e. The molecule has 106 valence electrons. The Labute approximate surface area is 127 Å². The average molecular weight is 286 g/mol. The number of aromatic nitrogens is 2. The number of benzene rings is 1. The fourth-order valence-corrected chi connectivity index (χ4v) is 2.91. The van der Waals surface area contributed by atoms with Crippen molar-refractivity contribution in [1.82, 2.24) is 9.38 Å². The zero-order valence-electron chi connectivity index (χ0n) is 12.2. The van der Waals surface area contributed by atoms with Gasteiger partial charge in [0.2, 0.25) is 0 Å². The molecule has 0 saturated carbocycles. The van der Waals surface area contributed by atoms with Crippen LogP contribution in [-0.2, 0) is 0 Å². The van der Waals surface area contributed by atoms with Gasteiger partial charge in [0.1, 0.15) is 0 Å². The molecular weight excluding hydrogens is 272 g/mol. The molecule has 0 unspecified atom stereocenters. The van der Waals surface area contributed by atoms with E-state index < -0.39 is 0 Å². The molecule has 3 heterocycles. The Kier molecular flexibility index (Phi) is 2.79. The van der Waals surface area contributed by atoms with Gasteiger partial charge in [-0.3, -0.25) is 14.2 Å². The molecule has 0 aliphatic carbocycles. The fraction of sp³-hybridized carbons (Fsp3) is 0.0526. The lowest BCUT2D eigenvalue weighted by Crippen LogP contribution is -2.17. The first-order chi connectivity index (χ1) is 10.8. The maximum Gasteiger partial charge on any atom is 0.265 e. The van der Waals surface area contributed by atoms with E-state index in [1.165, 1.54) is 0 Å². The summed E-state index contributed by atoms with van der Waals surface area (Å²) < 4.78 is 1.72. The van der Waals surface area contributed by atoms with E-state index in [4.69, 9.17) is 0 Å². The molecular formula is C19H14N2O. The quantitative estimate of drug-likeness (QED) is 0.498. The van der Waals surface area contributed by atoms with Gasteiger partial charge in [0.05, 0.1) is 16.8 Å². The number of hydrogen-bond acceptors (Lipinski definition) is 2. The van der Waals surface area contributed by atoms with Crippen molar-refractivity contribution in [2.75, 3.05) is 0 Å². The first-order valence-electron chi connectivity index (χ1n) is 7.21.